The topological polar surface area (TPSA) is 48.8 Å². The maximum Gasteiger partial charge on any atom is 0.268 e. The molecule has 7 heteroatoms. The van der Waals surface area contributed by atoms with Crippen LogP contribution in [0.1, 0.15) is 33.2 Å². The average molecular weight is 1010 g/mol. The van der Waals surface area contributed by atoms with Crippen LogP contribution in [0.2, 0.25) is 0 Å². The molecular formula is C57H39N5OPt-2. The van der Waals surface area contributed by atoms with E-state index in [-0.39, 0.29) is 44.1 Å². The molecular weight excluding hydrogens is 966 g/mol. The monoisotopic (exact) mass is 1010 g/mol. The SMILES string of the molecule is [2H]c1c([2H])c([2H])c(-c2cncc3c2-[n+]2[c-]n(-c4[c-]c(Oc5[c-]c6c(cc5)c5ccccc5n6-c5cc(C(C)(C)C)ccn5)ccc4)c4cccc(c42)-c2ccccc2-c2ccccc2-3)c([2H])c1[2H].[Pt]. The molecule has 6 nitrogen and oxygen atoms in total. The van der Waals surface area contributed by atoms with Crippen molar-refractivity contribution in [2.75, 3.05) is 0 Å². The van der Waals surface area contributed by atoms with Crippen LogP contribution in [-0.2, 0) is 26.5 Å². The summed E-state index contributed by atoms with van der Waals surface area (Å²) in [6.45, 7) is 6.59. The molecule has 12 rings (SSSR count). The number of para-hydroxylation sites is 2. The van der Waals surface area contributed by atoms with E-state index >= 15 is 0 Å². The third kappa shape index (κ3) is 6.40. The molecule has 5 heterocycles. The third-order valence-electron chi connectivity index (χ3n) is 11.9. The van der Waals surface area contributed by atoms with E-state index in [1.165, 1.54) is 5.56 Å². The van der Waals surface area contributed by atoms with Crippen LogP contribution in [-0.4, -0.2) is 19.1 Å². The zero-order valence-electron chi connectivity index (χ0n) is 39.9. The summed E-state index contributed by atoms with van der Waals surface area (Å²) in [5.41, 5.74) is 11.5. The maximum absolute atomic E-state index is 9.14. The molecule has 0 aliphatic carbocycles. The van der Waals surface area contributed by atoms with Crippen molar-refractivity contribution < 1.29 is 37.2 Å². The van der Waals surface area contributed by atoms with Gasteiger partial charge in [0.2, 0.25) is 0 Å². The molecule has 0 fully saturated rings. The number of benzene rings is 7. The molecule has 7 aromatic carbocycles. The second kappa shape index (κ2) is 15.4. The number of hydrogen-bond donors (Lipinski definition) is 0. The number of fused-ring (bicyclic) bond motifs is 10. The van der Waals surface area contributed by atoms with E-state index in [1.807, 2.05) is 94.2 Å². The summed E-state index contributed by atoms with van der Waals surface area (Å²) in [5.74, 6) is 1.75. The van der Waals surface area contributed by atoms with E-state index in [9.17, 15) is 0 Å². The maximum atomic E-state index is 9.14. The summed E-state index contributed by atoms with van der Waals surface area (Å²) in [7, 11) is 0. The van der Waals surface area contributed by atoms with Gasteiger partial charge in [0, 0.05) is 67.8 Å². The van der Waals surface area contributed by atoms with Crippen molar-refractivity contribution in [2.24, 2.45) is 0 Å². The Morgan fingerprint density at radius 2 is 1.28 bits per heavy atom. The van der Waals surface area contributed by atoms with Crippen LogP contribution in [0.15, 0.2) is 182 Å². The summed E-state index contributed by atoms with van der Waals surface area (Å²) in [6, 6.07) is 49.8. The molecule has 64 heavy (non-hydrogen) atoms. The van der Waals surface area contributed by atoms with Crippen LogP contribution in [0.3, 0.4) is 0 Å². The van der Waals surface area contributed by atoms with Crippen molar-refractivity contribution in [3.63, 3.8) is 0 Å². The van der Waals surface area contributed by atoms with Crippen molar-refractivity contribution in [3.8, 4) is 73.2 Å². The molecule has 310 valence electrons. The Morgan fingerprint density at radius 3 is 2.06 bits per heavy atom. The molecule has 0 amide bonds. The first-order valence-corrected chi connectivity index (χ1v) is 20.8. The minimum Gasteiger partial charge on any atom is -0.510 e. The van der Waals surface area contributed by atoms with Gasteiger partial charge in [0.05, 0.1) is 23.6 Å². The van der Waals surface area contributed by atoms with Crippen molar-refractivity contribution in [3.05, 3.63) is 206 Å². The van der Waals surface area contributed by atoms with Crippen LogP contribution in [0, 0.1) is 18.5 Å². The van der Waals surface area contributed by atoms with E-state index in [1.54, 1.807) is 12.4 Å². The van der Waals surface area contributed by atoms with Crippen molar-refractivity contribution in [2.45, 2.75) is 26.2 Å². The Morgan fingerprint density at radius 1 is 0.625 bits per heavy atom. The first kappa shape index (κ1) is 34.1. The van der Waals surface area contributed by atoms with Crippen LogP contribution >= 0.6 is 0 Å². The summed E-state index contributed by atoms with van der Waals surface area (Å²) in [6.07, 6.45) is 8.89. The Kier molecular flexibility index (Phi) is 8.23. The summed E-state index contributed by atoms with van der Waals surface area (Å²) < 4.78 is 56.7. The molecule has 0 N–H and O–H groups in total. The Hall–Kier alpha value is -7.40. The molecule has 0 unspecified atom stereocenters. The fourth-order valence-electron chi connectivity index (χ4n) is 9.00. The first-order valence-electron chi connectivity index (χ1n) is 23.3. The zero-order valence-corrected chi connectivity index (χ0v) is 37.2. The van der Waals surface area contributed by atoms with Gasteiger partial charge in [-0.05, 0) is 73.6 Å². The number of hydrogen-bond acceptors (Lipinski definition) is 3. The van der Waals surface area contributed by atoms with E-state index in [0.717, 1.165) is 66.5 Å². The van der Waals surface area contributed by atoms with Gasteiger partial charge in [0.15, 0.2) is 0 Å². The van der Waals surface area contributed by atoms with Crippen LogP contribution in [0.5, 0.6) is 11.5 Å². The van der Waals surface area contributed by atoms with Gasteiger partial charge < -0.3 is 13.9 Å². The Bertz CT molecular complexity index is 3880. The number of pyridine rings is 2. The predicted octanol–water partition coefficient (Wildman–Crippen LogP) is 13.3. The van der Waals surface area contributed by atoms with Gasteiger partial charge in [-0.2, -0.15) is 18.2 Å². The third-order valence-corrected chi connectivity index (χ3v) is 11.9. The summed E-state index contributed by atoms with van der Waals surface area (Å²) in [5, 5.41) is 2.11. The standard InChI is InChI=1S/C57H39N5O.Pt/c1-57(2,3)38-29-30-59-54(31-38)62-51-25-12-11-23-46(51)47-28-27-41(33-53(47)62)63-40-18-13-17-39(32-40)60-36-61-55-49(37-15-5-4-6-16-37)34-58-35-50(55)45-22-10-8-20-43(45)42-19-7-9-21-44(42)48-24-14-26-52(60)56(48)61;/h4-31,34-35H,1-3H3;/q-2;/i4D,5D,6D,15D,16D;. The number of nitrogens with zero attached hydrogens (tertiary/aromatic N) is 5. The number of aromatic nitrogens is 5. The van der Waals surface area contributed by atoms with E-state index < -0.39 is 18.1 Å². The summed E-state index contributed by atoms with van der Waals surface area (Å²) in [4.78, 5) is 9.54. The zero-order chi connectivity index (χ0) is 46.6. The van der Waals surface area contributed by atoms with Crippen LogP contribution in [0.4, 0.5) is 0 Å². The van der Waals surface area contributed by atoms with Crippen LogP contribution in [0.25, 0.3) is 94.5 Å². The molecule has 1 aliphatic heterocycles. The normalized spacial score (nSPS) is 13.0. The molecule has 0 saturated heterocycles. The van der Waals surface area contributed by atoms with Gasteiger partial charge >= 0.3 is 0 Å². The van der Waals surface area contributed by atoms with Gasteiger partial charge in [-0.1, -0.05) is 141 Å². The average Bonchev–Trinajstić information content (AvgIpc) is 3.92. The second-order valence-corrected chi connectivity index (χ2v) is 16.7. The fraction of sp³-hybridized carbons (Fsp3) is 0.0702. The molecule has 1 aliphatic rings. The number of rotatable bonds is 5. The Balaban J connectivity index is 0.00000520. The summed E-state index contributed by atoms with van der Waals surface area (Å²) >= 11 is 0. The van der Waals surface area contributed by atoms with Gasteiger partial charge in [0.1, 0.15) is 5.82 Å². The minimum atomic E-state index is -0.466. The number of imidazole rings is 1. The van der Waals surface area contributed by atoms with E-state index in [4.69, 9.17) is 21.6 Å². The van der Waals surface area contributed by atoms with E-state index in [0.29, 0.717) is 34.0 Å². The second-order valence-electron chi connectivity index (χ2n) is 16.7. The quantitative estimate of drug-likeness (QED) is 0.127. The molecule has 11 aromatic rings. The van der Waals surface area contributed by atoms with Crippen LogP contribution < -0.4 is 9.30 Å². The van der Waals surface area contributed by atoms with Crippen molar-refractivity contribution in [1.29, 1.82) is 0 Å². The number of ether oxygens (including phenoxy) is 1. The van der Waals surface area contributed by atoms with Gasteiger partial charge in [-0.25, -0.2) is 4.98 Å². The van der Waals surface area contributed by atoms with Gasteiger partial charge in [-0.3, -0.25) is 9.55 Å². The molecule has 0 spiro atoms. The molecule has 0 radical (unpaired) electrons. The minimum absolute atomic E-state index is 0. The predicted molar refractivity (Wildman–Crippen MR) is 252 cm³/mol. The first-order chi connectivity index (χ1) is 33.0. The van der Waals surface area contributed by atoms with Crippen molar-refractivity contribution in [1.82, 2.24) is 19.1 Å². The Labute approximate surface area is 393 Å². The molecule has 0 bridgehead atoms. The van der Waals surface area contributed by atoms with Crippen molar-refractivity contribution >= 4 is 32.8 Å². The van der Waals surface area contributed by atoms with E-state index in [2.05, 4.69) is 98.4 Å². The van der Waals surface area contributed by atoms with Gasteiger partial charge in [-0.15, -0.1) is 29.7 Å². The largest absolute Gasteiger partial charge is 0.510 e. The smallest absolute Gasteiger partial charge is 0.268 e. The molecule has 4 aromatic heterocycles. The fourth-order valence-corrected chi connectivity index (χ4v) is 9.00. The van der Waals surface area contributed by atoms with Gasteiger partial charge in [0.25, 0.3) is 6.33 Å². The molecule has 0 saturated carbocycles. The molecule has 0 atom stereocenters.